The smallest absolute Gasteiger partial charge is 0.243 e. The number of amides is 1. The van der Waals surface area contributed by atoms with Crippen LogP contribution in [0, 0.1) is 0 Å². The number of methoxy groups -OCH3 is 1. The molecule has 1 N–H and O–H groups in total. The lowest BCUT2D eigenvalue weighted by Gasteiger charge is -2.35. The van der Waals surface area contributed by atoms with Crippen molar-refractivity contribution in [3.63, 3.8) is 0 Å². The molecule has 1 amide bonds. The number of hydrogen-bond donors (Lipinski definition) is 1. The summed E-state index contributed by atoms with van der Waals surface area (Å²) >= 11 is 0. The molecule has 1 aliphatic heterocycles. The summed E-state index contributed by atoms with van der Waals surface area (Å²) in [7, 11) is -2.07. The van der Waals surface area contributed by atoms with Crippen LogP contribution in [0.3, 0.4) is 0 Å². The first-order valence-electron chi connectivity index (χ1n) is 9.96. The van der Waals surface area contributed by atoms with Gasteiger partial charge >= 0.3 is 0 Å². The molecule has 0 aromatic heterocycles. The van der Waals surface area contributed by atoms with Gasteiger partial charge in [0.15, 0.2) is 0 Å². The maximum atomic E-state index is 13.1. The van der Waals surface area contributed by atoms with Crippen molar-refractivity contribution in [3.05, 3.63) is 24.3 Å². The van der Waals surface area contributed by atoms with E-state index in [9.17, 15) is 13.2 Å². The molecule has 0 bridgehead atoms. The zero-order chi connectivity index (χ0) is 19.3. The molecule has 1 heterocycles. The van der Waals surface area contributed by atoms with E-state index in [1.54, 1.807) is 31.4 Å². The second-order valence-electron chi connectivity index (χ2n) is 7.55. The van der Waals surface area contributed by atoms with Crippen molar-refractivity contribution in [2.24, 2.45) is 0 Å². The molecular weight excluding hydrogens is 364 g/mol. The average Bonchev–Trinajstić information content (AvgIpc) is 2.69. The van der Waals surface area contributed by atoms with E-state index in [4.69, 9.17) is 4.74 Å². The number of nitrogens with one attached hydrogen (secondary N) is 1. The first kappa shape index (κ1) is 20.1. The highest BCUT2D eigenvalue weighted by molar-refractivity contribution is 7.89. The number of carbonyl (C=O) groups excluding carboxylic acids is 1. The van der Waals surface area contributed by atoms with E-state index in [0.717, 1.165) is 44.9 Å². The van der Waals surface area contributed by atoms with E-state index in [0.29, 0.717) is 12.3 Å². The minimum atomic E-state index is -3.62. The summed E-state index contributed by atoms with van der Waals surface area (Å²) in [6.45, 7) is 0.468. The third-order valence-corrected chi connectivity index (χ3v) is 7.60. The van der Waals surface area contributed by atoms with Crippen LogP contribution in [0.15, 0.2) is 29.2 Å². The van der Waals surface area contributed by atoms with Crippen molar-refractivity contribution in [1.82, 2.24) is 9.62 Å². The molecule has 7 heteroatoms. The monoisotopic (exact) mass is 394 g/mol. The topological polar surface area (TPSA) is 75.7 Å². The number of benzene rings is 1. The van der Waals surface area contributed by atoms with Crippen LogP contribution >= 0.6 is 0 Å². The van der Waals surface area contributed by atoms with Crippen molar-refractivity contribution >= 4 is 15.9 Å². The lowest BCUT2D eigenvalue weighted by atomic mass is 9.95. The molecule has 150 valence electrons. The normalized spacial score (nSPS) is 22.3. The van der Waals surface area contributed by atoms with Crippen molar-refractivity contribution in [2.45, 2.75) is 74.8 Å². The van der Waals surface area contributed by atoms with E-state index in [1.165, 1.54) is 10.7 Å². The molecule has 2 fully saturated rings. The van der Waals surface area contributed by atoms with Crippen molar-refractivity contribution in [1.29, 1.82) is 0 Å². The Morgan fingerprint density at radius 1 is 1.07 bits per heavy atom. The van der Waals surface area contributed by atoms with Gasteiger partial charge in [-0.05, 0) is 49.9 Å². The second kappa shape index (κ2) is 9.06. The molecule has 0 radical (unpaired) electrons. The Morgan fingerprint density at radius 3 is 2.41 bits per heavy atom. The van der Waals surface area contributed by atoms with Crippen LogP contribution < -0.4 is 10.1 Å². The van der Waals surface area contributed by atoms with Crippen LogP contribution in [0.1, 0.15) is 57.8 Å². The van der Waals surface area contributed by atoms with E-state index < -0.39 is 10.0 Å². The maximum absolute atomic E-state index is 13.1. The van der Waals surface area contributed by atoms with Gasteiger partial charge in [-0.1, -0.05) is 25.7 Å². The highest BCUT2D eigenvalue weighted by Crippen LogP contribution is 2.28. The summed E-state index contributed by atoms with van der Waals surface area (Å²) < 4.78 is 32.9. The molecule has 1 atom stereocenters. The highest BCUT2D eigenvalue weighted by Gasteiger charge is 2.35. The zero-order valence-corrected chi connectivity index (χ0v) is 16.8. The molecule has 3 rings (SSSR count). The van der Waals surface area contributed by atoms with Crippen LogP contribution in [0.4, 0.5) is 0 Å². The largest absolute Gasteiger partial charge is 0.497 e. The van der Waals surface area contributed by atoms with Gasteiger partial charge in [-0.25, -0.2) is 8.42 Å². The van der Waals surface area contributed by atoms with Gasteiger partial charge in [0.25, 0.3) is 0 Å². The summed E-state index contributed by atoms with van der Waals surface area (Å²) in [5.74, 6) is 0.597. The van der Waals surface area contributed by atoms with Crippen LogP contribution in [0.25, 0.3) is 0 Å². The SMILES string of the molecule is COc1ccc(S(=O)(=O)N2CCCC[C@H]2CC(=O)NC2CCCCC2)cc1. The standard InChI is InChI=1S/C20H30N2O4S/c1-26-18-10-12-19(13-11-18)27(24,25)22-14-6-5-9-17(22)15-20(23)21-16-7-3-2-4-8-16/h10-13,16-17H,2-9,14-15H2,1H3,(H,21,23)/t17-/m0/s1. The van der Waals surface area contributed by atoms with E-state index in [-0.39, 0.29) is 29.3 Å². The van der Waals surface area contributed by atoms with Gasteiger partial charge in [0, 0.05) is 25.0 Å². The van der Waals surface area contributed by atoms with Gasteiger partial charge in [0.1, 0.15) is 5.75 Å². The number of piperidine rings is 1. The van der Waals surface area contributed by atoms with Crippen LogP contribution in [0.5, 0.6) is 5.75 Å². The minimum absolute atomic E-state index is 0.0243. The lowest BCUT2D eigenvalue weighted by Crippen LogP contribution is -2.47. The van der Waals surface area contributed by atoms with Gasteiger partial charge < -0.3 is 10.1 Å². The fourth-order valence-electron chi connectivity index (χ4n) is 4.13. The summed E-state index contributed by atoms with van der Waals surface area (Å²) in [6.07, 6.45) is 8.38. The number of rotatable bonds is 6. The number of ether oxygens (including phenoxy) is 1. The molecule has 1 saturated heterocycles. The maximum Gasteiger partial charge on any atom is 0.243 e. The van der Waals surface area contributed by atoms with Gasteiger partial charge in [-0.2, -0.15) is 4.31 Å². The summed E-state index contributed by atoms with van der Waals surface area (Å²) in [4.78, 5) is 12.8. The average molecular weight is 395 g/mol. The molecule has 0 unspecified atom stereocenters. The fraction of sp³-hybridized carbons (Fsp3) is 0.650. The Labute approximate surface area is 162 Å². The minimum Gasteiger partial charge on any atom is -0.497 e. The van der Waals surface area contributed by atoms with Gasteiger partial charge in [0.05, 0.1) is 12.0 Å². The summed E-state index contributed by atoms with van der Waals surface area (Å²) in [6, 6.07) is 6.43. The van der Waals surface area contributed by atoms with Gasteiger partial charge in [-0.3, -0.25) is 4.79 Å². The Morgan fingerprint density at radius 2 is 1.74 bits per heavy atom. The molecule has 6 nitrogen and oxygen atoms in total. The Bertz CT molecular complexity index is 727. The third-order valence-electron chi connectivity index (χ3n) is 5.63. The van der Waals surface area contributed by atoms with Crippen molar-refractivity contribution in [3.8, 4) is 5.75 Å². The first-order valence-corrected chi connectivity index (χ1v) is 11.4. The van der Waals surface area contributed by atoms with Crippen molar-refractivity contribution in [2.75, 3.05) is 13.7 Å². The molecule has 2 aliphatic rings. The first-order chi connectivity index (χ1) is 13.0. The molecule has 1 aromatic rings. The molecule has 1 aliphatic carbocycles. The highest BCUT2D eigenvalue weighted by atomic mass is 32.2. The van der Waals surface area contributed by atoms with Crippen LogP contribution in [0.2, 0.25) is 0 Å². The zero-order valence-electron chi connectivity index (χ0n) is 16.0. The van der Waals surface area contributed by atoms with Gasteiger partial charge in [-0.15, -0.1) is 0 Å². The Kier molecular flexibility index (Phi) is 6.76. The molecular formula is C20H30N2O4S. The van der Waals surface area contributed by atoms with Gasteiger partial charge in [0.2, 0.25) is 15.9 Å². The predicted octanol–water partition coefficient (Wildman–Crippen LogP) is 3.08. The Balaban J connectivity index is 1.68. The quantitative estimate of drug-likeness (QED) is 0.804. The number of carbonyl (C=O) groups is 1. The molecule has 1 saturated carbocycles. The summed E-state index contributed by atoms with van der Waals surface area (Å²) in [5, 5.41) is 3.12. The predicted molar refractivity (Wildman–Crippen MR) is 104 cm³/mol. The van der Waals surface area contributed by atoms with Crippen LogP contribution in [-0.4, -0.2) is 44.4 Å². The number of nitrogens with zero attached hydrogens (tertiary/aromatic N) is 1. The fourth-order valence-corrected chi connectivity index (χ4v) is 5.82. The van der Waals surface area contributed by atoms with E-state index >= 15 is 0 Å². The van der Waals surface area contributed by atoms with Crippen molar-refractivity contribution < 1.29 is 17.9 Å². The van der Waals surface area contributed by atoms with E-state index in [2.05, 4.69) is 5.32 Å². The molecule has 0 spiro atoms. The van der Waals surface area contributed by atoms with Crippen LogP contribution in [-0.2, 0) is 14.8 Å². The third kappa shape index (κ3) is 5.02. The molecule has 27 heavy (non-hydrogen) atoms. The van der Waals surface area contributed by atoms with E-state index in [1.807, 2.05) is 0 Å². The second-order valence-corrected chi connectivity index (χ2v) is 9.44. The lowest BCUT2D eigenvalue weighted by molar-refractivity contribution is -0.123. The number of sulfonamides is 1. The summed E-state index contributed by atoms with van der Waals surface area (Å²) in [5.41, 5.74) is 0. The Hall–Kier alpha value is -1.60. The number of hydrogen-bond acceptors (Lipinski definition) is 4. The molecule has 1 aromatic carbocycles.